The molecule has 2 rings (SSSR count). The Morgan fingerprint density at radius 1 is 1.11 bits per heavy atom. The first-order valence-electron chi connectivity index (χ1n) is 5.48. The third-order valence-electron chi connectivity index (χ3n) is 2.51. The lowest BCUT2D eigenvalue weighted by molar-refractivity contribution is 0.195. The second-order valence-electron chi connectivity index (χ2n) is 3.87. The van der Waals surface area contributed by atoms with Crippen LogP contribution in [0.3, 0.4) is 0 Å². The van der Waals surface area contributed by atoms with E-state index >= 15 is 0 Å². The van der Waals surface area contributed by atoms with Crippen LogP contribution in [-0.2, 0) is 0 Å². The van der Waals surface area contributed by atoms with E-state index in [-0.39, 0.29) is 10.8 Å². The van der Waals surface area contributed by atoms with E-state index in [0.29, 0.717) is 11.3 Å². The fourth-order valence-corrected chi connectivity index (χ4v) is 1.77. The van der Waals surface area contributed by atoms with E-state index in [2.05, 4.69) is 0 Å². The number of para-hydroxylation sites is 1. The normalized spacial score (nSPS) is 12.2. The van der Waals surface area contributed by atoms with Gasteiger partial charge in [0.1, 0.15) is 5.75 Å². The van der Waals surface area contributed by atoms with Gasteiger partial charge < -0.3 is 9.84 Å². The van der Waals surface area contributed by atoms with Crippen LogP contribution in [0.2, 0.25) is 5.02 Å². The summed E-state index contributed by atoms with van der Waals surface area (Å²) in [4.78, 5) is 0. The summed E-state index contributed by atoms with van der Waals surface area (Å²) in [6.45, 7) is 1.62. The molecule has 0 heterocycles. The summed E-state index contributed by atoms with van der Waals surface area (Å²) < 4.78 is 19.2. The molecule has 0 fully saturated rings. The number of hydrogen-bond donors (Lipinski definition) is 1. The summed E-state index contributed by atoms with van der Waals surface area (Å²) in [5.41, 5.74) is 0.594. The summed E-state index contributed by atoms with van der Waals surface area (Å²) in [7, 11) is 0. The Balaban J connectivity index is 2.37. The number of rotatable bonds is 3. The monoisotopic (exact) mass is 266 g/mol. The molecule has 1 atom stereocenters. The Hall–Kier alpha value is -1.58. The third kappa shape index (κ3) is 2.63. The molecule has 0 unspecified atom stereocenters. The second-order valence-corrected chi connectivity index (χ2v) is 4.28. The Labute approximate surface area is 110 Å². The Morgan fingerprint density at radius 3 is 2.50 bits per heavy atom. The van der Waals surface area contributed by atoms with E-state index in [4.69, 9.17) is 16.3 Å². The molecule has 18 heavy (non-hydrogen) atoms. The maximum Gasteiger partial charge on any atom is 0.184 e. The van der Waals surface area contributed by atoms with Crippen molar-refractivity contribution in [3.63, 3.8) is 0 Å². The molecule has 0 aliphatic rings. The van der Waals surface area contributed by atoms with Gasteiger partial charge in [0.2, 0.25) is 0 Å². The van der Waals surface area contributed by atoms with Crippen LogP contribution in [0.25, 0.3) is 0 Å². The standard InChI is InChI=1S/C14H12ClFO2/c1-9(17)10-5-2-3-7-12(10)18-13-8-4-6-11(15)14(13)16/h2-9,17H,1H3/t9-/m0/s1. The quantitative estimate of drug-likeness (QED) is 0.896. The molecule has 0 radical (unpaired) electrons. The lowest BCUT2D eigenvalue weighted by atomic mass is 10.1. The highest BCUT2D eigenvalue weighted by molar-refractivity contribution is 6.30. The number of ether oxygens (including phenoxy) is 1. The van der Waals surface area contributed by atoms with E-state index in [1.807, 2.05) is 0 Å². The van der Waals surface area contributed by atoms with Gasteiger partial charge in [0.25, 0.3) is 0 Å². The average molecular weight is 267 g/mol. The van der Waals surface area contributed by atoms with Crippen molar-refractivity contribution in [1.29, 1.82) is 0 Å². The maximum atomic E-state index is 13.7. The summed E-state index contributed by atoms with van der Waals surface area (Å²) in [5, 5.41) is 9.61. The largest absolute Gasteiger partial charge is 0.454 e. The zero-order chi connectivity index (χ0) is 13.1. The molecule has 1 N–H and O–H groups in total. The van der Waals surface area contributed by atoms with Gasteiger partial charge in [-0.3, -0.25) is 0 Å². The van der Waals surface area contributed by atoms with E-state index in [9.17, 15) is 9.50 Å². The van der Waals surface area contributed by atoms with Crippen molar-refractivity contribution in [3.8, 4) is 11.5 Å². The van der Waals surface area contributed by atoms with Gasteiger partial charge in [0, 0.05) is 5.56 Å². The van der Waals surface area contributed by atoms with Gasteiger partial charge in [-0.25, -0.2) is 4.39 Å². The first-order chi connectivity index (χ1) is 8.59. The lowest BCUT2D eigenvalue weighted by Crippen LogP contribution is -1.97. The van der Waals surface area contributed by atoms with Gasteiger partial charge in [0.15, 0.2) is 11.6 Å². The third-order valence-corrected chi connectivity index (χ3v) is 2.80. The summed E-state index contributed by atoms with van der Waals surface area (Å²) in [5.74, 6) is -0.163. The van der Waals surface area contributed by atoms with E-state index in [1.165, 1.54) is 12.1 Å². The molecule has 94 valence electrons. The number of aliphatic hydroxyl groups excluding tert-OH is 1. The molecular formula is C14H12ClFO2. The highest BCUT2D eigenvalue weighted by Gasteiger charge is 2.12. The van der Waals surface area contributed by atoms with Crippen LogP contribution in [0.1, 0.15) is 18.6 Å². The van der Waals surface area contributed by atoms with Gasteiger partial charge in [-0.15, -0.1) is 0 Å². The SMILES string of the molecule is C[C@H](O)c1ccccc1Oc1cccc(Cl)c1F. The van der Waals surface area contributed by atoms with Crippen LogP contribution < -0.4 is 4.74 Å². The van der Waals surface area contributed by atoms with Crippen LogP contribution >= 0.6 is 11.6 Å². The van der Waals surface area contributed by atoms with Crippen LogP contribution in [-0.4, -0.2) is 5.11 Å². The van der Waals surface area contributed by atoms with Crippen molar-refractivity contribution in [2.24, 2.45) is 0 Å². The number of benzene rings is 2. The van der Waals surface area contributed by atoms with Gasteiger partial charge in [0.05, 0.1) is 11.1 Å². The number of halogens is 2. The molecule has 2 aromatic carbocycles. The Bertz CT molecular complexity index is 555. The zero-order valence-electron chi connectivity index (χ0n) is 9.73. The molecule has 0 saturated heterocycles. The highest BCUT2D eigenvalue weighted by Crippen LogP contribution is 2.32. The van der Waals surface area contributed by atoms with Crippen LogP contribution in [0.4, 0.5) is 4.39 Å². The first kappa shape index (κ1) is 12.9. The minimum atomic E-state index is -0.691. The first-order valence-corrected chi connectivity index (χ1v) is 5.86. The fraction of sp³-hybridized carbons (Fsp3) is 0.143. The van der Waals surface area contributed by atoms with E-state index in [0.717, 1.165) is 0 Å². The van der Waals surface area contributed by atoms with Crippen LogP contribution in [0.15, 0.2) is 42.5 Å². The topological polar surface area (TPSA) is 29.5 Å². The molecule has 0 amide bonds. The van der Waals surface area contributed by atoms with Crippen molar-refractivity contribution >= 4 is 11.6 Å². The van der Waals surface area contributed by atoms with Crippen molar-refractivity contribution in [3.05, 3.63) is 58.9 Å². The predicted molar refractivity (Wildman–Crippen MR) is 68.6 cm³/mol. The summed E-state index contributed by atoms with van der Waals surface area (Å²) in [6, 6.07) is 11.5. The minimum absolute atomic E-state index is 0.00188. The molecule has 0 aromatic heterocycles. The van der Waals surface area contributed by atoms with E-state index in [1.54, 1.807) is 37.3 Å². The van der Waals surface area contributed by atoms with Crippen molar-refractivity contribution in [2.45, 2.75) is 13.0 Å². The summed E-state index contributed by atoms with van der Waals surface area (Å²) >= 11 is 5.68. The molecule has 2 aromatic rings. The van der Waals surface area contributed by atoms with E-state index < -0.39 is 11.9 Å². The maximum absolute atomic E-state index is 13.7. The molecule has 0 aliphatic carbocycles. The van der Waals surface area contributed by atoms with Crippen molar-refractivity contribution < 1.29 is 14.2 Å². The van der Waals surface area contributed by atoms with Crippen molar-refractivity contribution in [1.82, 2.24) is 0 Å². The van der Waals surface area contributed by atoms with Crippen LogP contribution in [0.5, 0.6) is 11.5 Å². The Kier molecular flexibility index (Phi) is 3.84. The summed E-state index contributed by atoms with van der Waals surface area (Å²) in [6.07, 6.45) is -0.691. The van der Waals surface area contributed by atoms with Crippen molar-refractivity contribution in [2.75, 3.05) is 0 Å². The van der Waals surface area contributed by atoms with Gasteiger partial charge in [-0.2, -0.15) is 0 Å². The molecule has 0 spiro atoms. The minimum Gasteiger partial charge on any atom is -0.454 e. The predicted octanol–water partition coefficient (Wildman–Crippen LogP) is 4.32. The molecule has 0 bridgehead atoms. The molecule has 0 aliphatic heterocycles. The van der Waals surface area contributed by atoms with Gasteiger partial charge >= 0.3 is 0 Å². The highest BCUT2D eigenvalue weighted by atomic mass is 35.5. The number of hydrogen-bond acceptors (Lipinski definition) is 2. The molecule has 0 saturated carbocycles. The Morgan fingerprint density at radius 2 is 1.78 bits per heavy atom. The smallest absolute Gasteiger partial charge is 0.184 e. The lowest BCUT2D eigenvalue weighted by Gasteiger charge is -2.13. The zero-order valence-corrected chi connectivity index (χ0v) is 10.5. The second kappa shape index (κ2) is 5.38. The molecule has 4 heteroatoms. The van der Waals surface area contributed by atoms with Crippen LogP contribution in [0, 0.1) is 5.82 Å². The van der Waals surface area contributed by atoms with Gasteiger partial charge in [-0.05, 0) is 25.1 Å². The average Bonchev–Trinajstić information content (AvgIpc) is 2.35. The van der Waals surface area contributed by atoms with Gasteiger partial charge in [-0.1, -0.05) is 35.9 Å². The number of aliphatic hydroxyl groups is 1. The molecular weight excluding hydrogens is 255 g/mol. The fourth-order valence-electron chi connectivity index (χ4n) is 1.60. The molecule has 2 nitrogen and oxygen atoms in total.